The lowest BCUT2D eigenvalue weighted by Gasteiger charge is -2.24. The molecule has 0 aromatic heterocycles. The van der Waals surface area contributed by atoms with E-state index in [4.69, 9.17) is 4.74 Å². The Labute approximate surface area is 147 Å². The van der Waals surface area contributed by atoms with Crippen LogP contribution in [0.5, 0.6) is 0 Å². The smallest absolute Gasteiger partial charge is 0.304 e. The van der Waals surface area contributed by atoms with Gasteiger partial charge < -0.3 is 4.74 Å². The molecule has 0 saturated heterocycles. The zero-order valence-corrected chi connectivity index (χ0v) is 14.9. The van der Waals surface area contributed by atoms with Gasteiger partial charge >= 0.3 is 5.97 Å². The summed E-state index contributed by atoms with van der Waals surface area (Å²) in [6, 6.07) is 13.7. The average molecular weight is 335 g/mol. The third kappa shape index (κ3) is 3.20. The van der Waals surface area contributed by atoms with E-state index >= 15 is 0 Å². The first-order chi connectivity index (χ1) is 11.9. The predicted octanol–water partition coefficient (Wildman–Crippen LogP) is 4.10. The maximum Gasteiger partial charge on any atom is 0.304 e. The Balaban J connectivity index is 2.10. The molecule has 25 heavy (non-hydrogen) atoms. The van der Waals surface area contributed by atoms with Crippen LogP contribution in [0.1, 0.15) is 36.1 Å². The number of carbonyl (C=O) groups excluding carboxylic acids is 2. The minimum Gasteiger partial charge on any atom is -0.442 e. The van der Waals surface area contributed by atoms with Crippen molar-refractivity contribution in [3.05, 3.63) is 64.7 Å². The van der Waals surface area contributed by atoms with Gasteiger partial charge in [0.05, 0.1) is 5.69 Å². The van der Waals surface area contributed by atoms with Gasteiger partial charge in [-0.05, 0) is 44.0 Å². The van der Waals surface area contributed by atoms with E-state index in [0.717, 1.165) is 27.9 Å². The molecule has 4 heteroatoms. The van der Waals surface area contributed by atoms with Gasteiger partial charge in [-0.3, -0.25) is 14.5 Å². The second-order valence-electron chi connectivity index (χ2n) is 6.32. The Hall–Kier alpha value is -2.88. The lowest BCUT2D eigenvalue weighted by molar-refractivity contribution is -0.145. The van der Waals surface area contributed by atoms with Gasteiger partial charge in [0, 0.05) is 18.1 Å². The lowest BCUT2D eigenvalue weighted by atomic mass is 10.00. The van der Waals surface area contributed by atoms with Crippen molar-refractivity contribution in [2.75, 3.05) is 4.90 Å². The molecule has 2 aromatic carbocycles. The lowest BCUT2D eigenvalue weighted by Crippen LogP contribution is -2.38. The summed E-state index contributed by atoms with van der Waals surface area (Å²) in [7, 11) is 0. The van der Waals surface area contributed by atoms with Gasteiger partial charge in [-0.2, -0.15) is 0 Å². The third-order valence-corrected chi connectivity index (χ3v) is 4.34. The summed E-state index contributed by atoms with van der Waals surface area (Å²) in [5.41, 5.74) is 5.49. The zero-order valence-electron chi connectivity index (χ0n) is 14.9. The molecule has 0 aliphatic carbocycles. The summed E-state index contributed by atoms with van der Waals surface area (Å²) >= 11 is 0. The van der Waals surface area contributed by atoms with Gasteiger partial charge in [0.25, 0.3) is 5.91 Å². The van der Waals surface area contributed by atoms with Gasteiger partial charge in [-0.1, -0.05) is 42.0 Å². The van der Waals surface area contributed by atoms with Crippen molar-refractivity contribution in [2.24, 2.45) is 0 Å². The van der Waals surface area contributed by atoms with Gasteiger partial charge in [0.2, 0.25) is 0 Å². The zero-order chi connectivity index (χ0) is 18.1. The Bertz CT molecular complexity index is 882. The molecule has 0 bridgehead atoms. The molecule has 1 amide bonds. The van der Waals surface area contributed by atoms with E-state index in [2.05, 4.69) is 12.1 Å². The third-order valence-electron chi connectivity index (χ3n) is 4.34. The van der Waals surface area contributed by atoms with E-state index in [1.165, 1.54) is 11.8 Å². The minimum absolute atomic E-state index is 0.157. The van der Waals surface area contributed by atoms with Crippen molar-refractivity contribution in [1.82, 2.24) is 0 Å². The standard InChI is InChI=1S/C21H21NO3/c1-13-9-10-14(2)17(11-13)12-19-18-7-5-6-8-20(18)22(21(19)24)15(3)25-16(4)23/h5-12,15H,1-4H3/b19-12+. The summed E-state index contributed by atoms with van der Waals surface area (Å²) in [6.07, 6.45) is 1.26. The SMILES string of the molecule is CC(=O)OC(C)N1C(=O)/C(=C/c2cc(C)ccc2C)c2ccccc21. The number of carbonyl (C=O) groups is 2. The quantitative estimate of drug-likeness (QED) is 0.627. The maximum atomic E-state index is 13.1. The van der Waals surface area contributed by atoms with E-state index in [9.17, 15) is 9.59 Å². The molecule has 3 rings (SSSR count). The molecule has 0 N–H and O–H groups in total. The molecule has 0 saturated carbocycles. The first kappa shape index (κ1) is 17.0. The first-order valence-corrected chi connectivity index (χ1v) is 8.27. The molecule has 0 radical (unpaired) electrons. The Morgan fingerprint density at radius 1 is 1.16 bits per heavy atom. The van der Waals surface area contributed by atoms with E-state index in [1.807, 2.05) is 50.3 Å². The predicted molar refractivity (Wildman–Crippen MR) is 98.9 cm³/mol. The summed E-state index contributed by atoms with van der Waals surface area (Å²) < 4.78 is 5.24. The highest BCUT2D eigenvalue weighted by atomic mass is 16.6. The summed E-state index contributed by atoms with van der Waals surface area (Å²) in [6.45, 7) is 7.10. The number of anilines is 1. The number of ether oxygens (including phenoxy) is 1. The van der Waals surface area contributed by atoms with Gasteiger partial charge in [0.1, 0.15) is 0 Å². The molecule has 0 fully saturated rings. The second-order valence-corrected chi connectivity index (χ2v) is 6.32. The maximum absolute atomic E-state index is 13.1. The molecule has 128 valence electrons. The van der Waals surface area contributed by atoms with Crippen LogP contribution in [-0.2, 0) is 14.3 Å². The van der Waals surface area contributed by atoms with Crippen LogP contribution in [0, 0.1) is 13.8 Å². The highest BCUT2D eigenvalue weighted by Gasteiger charge is 2.36. The summed E-state index contributed by atoms with van der Waals surface area (Å²) in [5, 5.41) is 0. The van der Waals surface area contributed by atoms with Gasteiger partial charge in [-0.15, -0.1) is 0 Å². The Morgan fingerprint density at radius 3 is 2.60 bits per heavy atom. The number of benzene rings is 2. The molecule has 1 heterocycles. The molecule has 4 nitrogen and oxygen atoms in total. The number of rotatable bonds is 3. The fraction of sp³-hybridized carbons (Fsp3) is 0.238. The number of fused-ring (bicyclic) bond motifs is 1. The van der Waals surface area contributed by atoms with Crippen molar-refractivity contribution >= 4 is 29.2 Å². The van der Waals surface area contributed by atoms with Crippen LogP contribution in [0.4, 0.5) is 5.69 Å². The number of nitrogens with zero attached hydrogens (tertiary/aromatic N) is 1. The van der Waals surface area contributed by atoms with Crippen LogP contribution in [-0.4, -0.2) is 18.1 Å². The number of amides is 1. The second kappa shape index (κ2) is 6.55. The Kier molecular flexibility index (Phi) is 4.45. The van der Waals surface area contributed by atoms with Crippen LogP contribution in [0.25, 0.3) is 11.6 Å². The van der Waals surface area contributed by atoms with E-state index in [0.29, 0.717) is 5.57 Å². The highest BCUT2D eigenvalue weighted by molar-refractivity contribution is 6.36. The number of esters is 1. The monoisotopic (exact) mass is 335 g/mol. The molecule has 2 aromatic rings. The molecule has 1 aliphatic rings. The highest BCUT2D eigenvalue weighted by Crippen LogP contribution is 2.39. The Morgan fingerprint density at radius 2 is 1.88 bits per heavy atom. The van der Waals surface area contributed by atoms with E-state index < -0.39 is 12.2 Å². The summed E-state index contributed by atoms with van der Waals surface area (Å²) in [5.74, 6) is -0.569. The number of hydrogen-bond acceptors (Lipinski definition) is 3. The van der Waals surface area contributed by atoms with Crippen LogP contribution < -0.4 is 4.90 Å². The van der Waals surface area contributed by atoms with Crippen molar-refractivity contribution in [3.63, 3.8) is 0 Å². The molecular weight excluding hydrogens is 314 g/mol. The van der Waals surface area contributed by atoms with Gasteiger partial charge in [0.15, 0.2) is 6.23 Å². The topological polar surface area (TPSA) is 46.6 Å². The largest absolute Gasteiger partial charge is 0.442 e. The van der Waals surface area contributed by atoms with E-state index in [1.54, 1.807) is 6.92 Å². The minimum atomic E-state index is -0.657. The number of hydrogen-bond donors (Lipinski definition) is 0. The number of aryl methyl sites for hydroxylation is 2. The van der Waals surface area contributed by atoms with Crippen LogP contribution >= 0.6 is 0 Å². The normalized spacial score (nSPS) is 16.1. The van der Waals surface area contributed by atoms with Gasteiger partial charge in [-0.25, -0.2) is 0 Å². The van der Waals surface area contributed by atoms with Crippen LogP contribution in [0.15, 0.2) is 42.5 Å². The molecule has 0 spiro atoms. The average Bonchev–Trinajstić information content (AvgIpc) is 2.83. The number of para-hydroxylation sites is 1. The molecule has 1 atom stereocenters. The van der Waals surface area contributed by atoms with Crippen LogP contribution in [0.2, 0.25) is 0 Å². The molecular formula is C21H21NO3. The first-order valence-electron chi connectivity index (χ1n) is 8.27. The van der Waals surface area contributed by atoms with Crippen molar-refractivity contribution in [2.45, 2.75) is 33.9 Å². The van der Waals surface area contributed by atoms with Crippen molar-refractivity contribution in [3.8, 4) is 0 Å². The molecule has 1 unspecified atom stereocenters. The van der Waals surface area contributed by atoms with Crippen LogP contribution in [0.3, 0.4) is 0 Å². The fourth-order valence-electron chi connectivity index (χ4n) is 3.13. The molecule has 1 aliphatic heterocycles. The van der Waals surface area contributed by atoms with E-state index in [-0.39, 0.29) is 5.91 Å². The van der Waals surface area contributed by atoms with Crippen molar-refractivity contribution in [1.29, 1.82) is 0 Å². The fourth-order valence-corrected chi connectivity index (χ4v) is 3.13. The van der Waals surface area contributed by atoms with Crippen molar-refractivity contribution < 1.29 is 14.3 Å². The summed E-state index contributed by atoms with van der Waals surface area (Å²) in [4.78, 5) is 25.9.